The Morgan fingerprint density at radius 2 is 0.776 bits per heavy atom. The summed E-state index contributed by atoms with van der Waals surface area (Å²) in [5.41, 5.74) is 7.71. The molecular weight excluding hydrogens is 713 g/mol. The second kappa shape index (κ2) is 12.8. The molecule has 0 radical (unpaired) electrons. The second-order valence-electron chi connectivity index (χ2n) is 20.0. The van der Waals surface area contributed by atoms with Crippen LogP contribution in [0, 0.1) is 35.5 Å². The van der Waals surface area contributed by atoms with Crippen LogP contribution in [0.2, 0.25) is 0 Å². The van der Waals surface area contributed by atoms with Crippen molar-refractivity contribution in [1.29, 1.82) is 0 Å². The fraction of sp³-hybridized carbons (Fsp3) is 0.407. The maximum Gasteiger partial charge on any atom is 0.132 e. The molecule has 0 saturated heterocycles. The Kier molecular flexibility index (Phi) is 7.71. The van der Waals surface area contributed by atoms with Crippen LogP contribution in [0.4, 0.5) is 0 Å². The number of aromatic hydroxyl groups is 2. The van der Waals surface area contributed by atoms with Crippen LogP contribution >= 0.6 is 0 Å². The zero-order valence-electron chi connectivity index (χ0n) is 33.9. The van der Waals surface area contributed by atoms with Gasteiger partial charge in [0.15, 0.2) is 0 Å². The van der Waals surface area contributed by atoms with Gasteiger partial charge in [-0.05, 0) is 192 Å². The van der Waals surface area contributed by atoms with Crippen LogP contribution in [0.1, 0.15) is 88.2 Å². The lowest BCUT2D eigenvalue weighted by molar-refractivity contribution is -0.00530. The largest absolute Gasteiger partial charge is 0.507 e. The third kappa shape index (κ3) is 5.18. The minimum absolute atomic E-state index is 0.159. The van der Waals surface area contributed by atoms with Gasteiger partial charge in [-0.2, -0.15) is 0 Å². The van der Waals surface area contributed by atoms with Crippen LogP contribution in [0.25, 0.3) is 54.9 Å². The molecule has 6 aromatic rings. The van der Waals surface area contributed by atoms with Crippen molar-refractivity contribution in [2.75, 3.05) is 14.2 Å². The summed E-state index contributed by atoms with van der Waals surface area (Å²) in [4.78, 5) is 0. The van der Waals surface area contributed by atoms with E-state index in [0.717, 1.165) is 90.8 Å². The SMILES string of the molecule is COc1ccc(C23CC4CC(CC(C4)C2)C3)cc1-c1cc2ccccc2c(-c2c(O)c(-c3cc(C45CC6CC(CC(C6)C4)C5)ccc3OC)cc3ccccc23)c1O. The molecule has 8 fully saturated rings. The average molecular weight is 767 g/mol. The maximum atomic E-state index is 12.9. The summed E-state index contributed by atoms with van der Waals surface area (Å²) >= 11 is 0. The Hall–Kier alpha value is -4.96. The minimum Gasteiger partial charge on any atom is -0.507 e. The monoisotopic (exact) mass is 766 g/mol. The van der Waals surface area contributed by atoms with Crippen LogP contribution in [0.5, 0.6) is 23.0 Å². The number of hydrogen-bond donors (Lipinski definition) is 2. The van der Waals surface area contributed by atoms with Gasteiger partial charge in [-0.25, -0.2) is 0 Å². The van der Waals surface area contributed by atoms with Crippen LogP contribution in [0.15, 0.2) is 97.1 Å². The highest BCUT2D eigenvalue weighted by Gasteiger charge is 2.53. The molecule has 8 saturated carbocycles. The molecule has 0 spiro atoms. The van der Waals surface area contributed by atoms with E-state index in [1.807, 2.05) is 12.1 Å². The van der Waals surface area contributed by atoms with Gasteiger partial charge in [0, 0.05) is 33.4 Å². The molecular formula is C54H54O4. The summed E-state index contributed by atoms with van der Waals surface area (Å²) in [6.07, 6.45) is 16.0. The van der Waals surface area contributed by atoms with E-state index in [1.54, 1.807) is 14.2 Å². The van der Waals surface area contributed by atoms with Crippen LogP contribution < -0.4 is 9.47 Å². The van der Waals surface area contributed by atoms with Crippen molar-refractivity contribution in [3.8, 4) is 56.4 Å². The van der Waals surface area contributed by atoms with Gasteiger partial charge in [0.25, 0.3) is 0 Å². The van der Waals surface area contributed by atoms with Crippen molar-refractivity contribution in [1.82, 2.24) is 0 Å². The second-order valence-corrected chi connectivity index (χ2v) is 20.0. The lowest BCUT2D eigenvalue weighted by Gasteiger charge is -2.57. The molecule has 8 bridgehead atoms. The lowest BCUT2D eigenvalue weighted by Crippen LogP contribution is -2.48. The highest BCUT2D eigenvalue weighted by Crippen LogP contribution is 2.63. The summed E-state index contributed by atoms with van der Waals surface area (Å²) in [6, 6.07) is 34.4. The standard InChI is InChI=1S/C54H54O4/c1-57-47-13-11-39(53-25-31-15-32(26-53)17-33(16-31)27-53)23-43(47)45-21-37-7-3-5-9-41(37)49(51(45)55)50-42-10-6-4-8-38(42)22-46(52(50)56)44-24-40(12-14-48(44)58-2)54-28-34-18-35(29-54)20-36(19-34)30-54/h3-14,21-24,31-36,55-56H,15-20,25-30H2,1-2H3. The average Bonchev–Trinajstić information content (AvgIpc) is 3.22. The molecule has 4 heteroatoms. The van der Waals surface area contributed by atoms with Crippen LogP contribution in [0.3, 0.4) is 0 Å². The van der Waals surface area contributed by atoms with E-state index in [0.29, 0.717) is 11.1 Å². The van der Waals surface area contributed by atoms with E-state index >= 15 is 0 Å². The van der Waals surface area contributed by atoms with Gasteiger partial charge >= 0.3 is 0 Å². The van der Waals surface area contributed by atoms with Crippen molar-refractivity contribution >= 4 is 21.5 Å². The Morgan fingerprint density at radius 1 is 0.431 bits per heavy atom. The number of methoxy groups -OCH3 is 2. The molecule has 58 heavy (non-hydrogen) atoms. The van der Waals surface area contributed by atoms with Gasteiger partial charge in [0.05, 0.1) is 14.2 Å². The number of fused-ring (bicyclic) bond motifs is 2. The van der Waals surface area contributed by atoms with E-state index < -0.39 is 0 Å². The zero-order valence-corrected chi connectivity index (χ0v) is 33.9. The van der Waals surface area contributed by atoms with Gasteiger partial charge < -0.3 is 19.7 Å². The minimum atomic E-state index is 0.159. The van der Waals surface area contributed by atoms with Crippen molar-refractivity contribution in [2.45, 2.75) is 87.9 Å². The molecule has 294 valence electrons. The Balaban J connectivity index is 1.07. The molecule has 0 aliphatic heterocycles. The third-order valence-electron chi connectivity index (χ3n) is 16.6. The molecule has 0 heterocycles. The number of benzene rings is 6. The Bertz CT molecular complexity index is 2400. The third-order valence-corrected chi connectivity index (χ3v) is 16.6. The number of ether oxygens (including phenoxy) is 2. The van der Waals surface area contributed by atoms with E-state index in [2.05, 4.69) is 84.9 Å². The Morgan fingerprint density at radius 3 is 1.12 bits per heavy atom. The summed E-state index contributed by atoms with van der Waals surface area (Å²) < 4.78 is 12.2. The molecule has 8 aliphatic carbocycles. The highest BCUT2D eigenvalue weighted by atomic mass is 16.5. The smallest absolute Gasteiger partial charge is 0.132 e. The fourth-order valence-electron chi connectivity index (χ4n) is 15.0. The molecule has 14 rings (SSSR count). The first-order valence-electron chi connectivity index (χ1n) is 22.2. The number of rotatable bonds is 7. The predicted octanol–water partition coefficient (Wildman–Crippen LogP) is 13.4. The van der Waals surface area contributed by atoms with Gasteiger partial charge in [-0.15, -0.1) is 0 Å². The number of hydrogen-bond acceptors (Lipinski definition) is 4. The van der Waals surface area contributed by atoms with Crippen LogP contribution in [-0.4, -0.2) is 24.4 Å². The number of phenols is 2. The quantitative estimate of drug-likeness (QED) is 0.170. The maximum absolute atomic E-state index is 12.9. The normalized spacial score (nSPS) is 30.4. The summed E-state index contributed by atoms with van der Waals surface area (Å²) in [7, 11) is 3.46. The molecule has 0 amide bonds. The molecule has 4 nitrogen and oxygen atoms in total. The summed E-state index contributed by atoms with van der Waals surface area (Å²) in [5.74, 6) is 6.78. The molecule has 0 atom stereocenters. The topological polar surface area (TPSA) is 58.9 Å². The fourth-order valence-corrected chi connectivity index (χ4v) is 15.0. The number of phenolic OH excluding ortho intramolecular Hbond substituents is 2. The molecule has 0 aromatic heterocycles. The highest BCUT2D eigenvalue weighted by molar-refractivity contribution is 6.14. The molecule has 2 N–H and O–H groups in total. The summed E-state index contributed by atoms with van der Waals surface area (Å²) in [6.45, 7) is 0. The van der Waals surface area contributed by atoms with Crippen molar-refractivity contribution in [3.63, 3.8) is 0 Å². The van der Waals surface area contributed by atoms with Crippen molar-refractivity contribution < 1.29 is 19.7 Å². The van der Waals surface area contributed by atoms with Gasteiger partial charge in [0.2, 0.25) is 0 Å². The van der Waals surface area contributed by atoms with E-state index in [4.69, 9.17) is 9.47 Å². The zero-order chi connectivity index (χ0) is 38.9. The summed E-state index contributed by atoms with van der Waals surface area (Å²) in [5, 5.41) is 29.7. The first-order chi connectivity index (χ1) is 28.3. The Labute approximate surface area is 342 Å². The first kappa shape index (κ1) is 35.0. The molecule has 6 aromatic carbocycles. The molecule has 0 unspecified atom stereocenters. The van der Waals surface area contributed by atoms with Gasteiger partial charge in [-0.3, -0.25) is 0 Å². The van der Waals surface area contributed by atoms with Crippen LogP contribution in [-0.2, 0) is 10.8 Å². The molecule has 8 aliphatic rings. The van der Waals surface area contributed by atoms with Crippen molar-refractivity contribution in [2.24, 2.45) is 35.5 Å². The van der Waals surface area contributed by atoms with Gasteiger partial charge in [-0.1, -0.05) is 60.7 Å². The van der Waals surface area contributed by atoms with Gasteiger partial charge in [0.1, 0.15) is 23.0 Å². The predicted molar refractivity (Wildman–Crippen MR) is 234 cm³/mol. The van der Waals surface area contributed by atoms with E-state index in [9.17, 15) is 10.2 Å². The lowest BCUT2D eigenvalue weighted by atomic mass is 9.48. The van der Waals surface area contributed by atoms with Crippen molar-refractivity contribution in [3.05, 3.63) is 108 Å². The van der Waals surface area contributed by atoms with E-state index in [-0.39, 0.29) is 22.3 Å². The van der Waals surface area contributed by atoms with E-state index in [1.165, 1.54) is 88.2 Å². The first-order valence-corrected chi connectivity index (χ1v) is 22.2.